The second kappa shape index (κ2) is 5.89. The number of thiocarbonyl (C=S) groups is 1. The van der Waals surface area contributed by atoms with Crippen molar-refractivity contribution in [3.8, 4) is 0 Å². The molecule has 0 spiro atoms. The topological polar surface area (TPSA) is 41.6 Å². The van der Waals surface area contributed by atoms with Gasteiger partial charge >= 0.3 is 0 Å². The highest BCUT2D eigenvalue weighted by atomic mass is 32.1. The maximum atomic E-state index is 12.4. The van der Waals surface area contributed by atoms with Gasteiger partial charge in [-0.3, -0.25) is 9.69 Å². The van der Waals surface area contributed by atoms with Crippen LogP contribution in [-0.2, 0) is 16.0 Å². The first-order chi connectivity index (χ1) is 9.74. The summed E-state index contributed by atoms with van der Waals surface area (Å²) >= 11 is 5.28. The van der Waals surface area contributed by atoms with Gasteiger partial charge in [0, 0.05) is 13.0 Å². The van der Waals surface area contributed by atoms with E-state index in [-0.39, 0.29) is 18.1 Å². The summed E-state index contributed by atoms with van der Waals surface area (Å²) < 4.78 is 5.58. The zero-order valence-electron chi connectivity index (χ0n) is 11.2. The summed E-state index contributed by atoms with van der Waals surface area (Å²) in [6, 6.07) is 9.75. The monoisotopic (exact) mass is 290 g/mol. The number of ether oxygens (including phenoxy) is 1. The first-order valence-corrected chi connectivity index (χ1v) is 7.42. The fraction of sp³-hybridized carbons (Fsp3) is 0.467. The van der Waals surface area contributed by atoms with Gasteiger partial charge in [0.05, 0.1) is 12.6 Å². The Balaban J connectivity index is 1.64. The van der Waals surface area contributed by atoms with Crippen LogP contribution in [-0.4, -0.2) is 41.2 Å². The number of hydrogen-bond acceptors (Lipinski definition) is 3. The summed E-state index contributed by atoms with van der Waals surface area (Å²) in [6.45, 7) is 1.37. The number of hydrogen-bond donors (Lipinski definition) is 1. The Kier molecular flexibility index (Phi) is 3.98. The van der Waals surface area contributed by atoms with Gasteiger partial charge in [-0.25, -0.2) is 0 Å². The molecule has 0 aromatic heterocycles. The second-order valence-electron chi connectivity index (χ2n) is 5.28. The maximum Gasteiger partial charge on any atom is 0.251 e. The van der Waals surface area contributed by atoms with Gasteiger partial charge in [-0.15, -0.1) is 0 Å². The van der Waals surface area contributed by atoms with Crippen LogP contribution < -0.4 is 5.32 Å². The van der Waals surface area contributed by atoms with Crippen molar-refractivity contribution in [1.29, 1.82) is 0 Å². The Hall–Kier alpha value is -1.46. The molecule has 4 nitrogen and oxygen atoms in total. The lowest BCUT2D eigenvalue weighted by atomic mass is 10.1. The van der Waals surface area contributed by atoms with E-state index in [2.05, 4.69) is 5.32 Å². The zero-order valence-corrected chi connectivity index (χ0v) is 12.1. The first-order valence-electron chi connectivity index (χ1n) is 7.01. The van der Waals surface area contributed by atoms with Gasteiger partial charge in [0.1, 0.15) is 6.04 Å². The van der Waals surface area contributed by atoms with Crippen molar-refractivity contribution in [3.05, 3.63) is 35.9 Å². The number of carbonyl (C=O) groups excluding carboxylic acids is 1. The lowest BCUT2D eigenvalue weighted by molar-refractivity contribution is -0.128. The number of benzene rings is 1. The van der Waals surface area contributed by atoms with Crippen LogP contribution in [0, 0.1) is 0 Å². The molecule has 20 heavy (non-hydrogen) atoms. The molecule has 1 aromatic rings. The van der Waals surface area contributed by atoms with E-state index < -0.39 is 0 Å². The number of nitrogens with one attached hydrogen (secondary N) is 1. The smallest absolute Gasteiger partial charge is 0.251 e. The molecule has 1 amide bonds. The number of amides is 1. The van der Waals surface area contributed by atoms with Crippen LogP contribution in [0.2, 0.25) is 0 Å². The highest BCUT2D eigenvalue weighted by Gasteiger charge is 2.37. The van der Waals surface area contributed by atoms with Gasteiger partial charge < -0.3 is 10.1 Å². The van der Waals surface area contributed by atoms with Crippen molar-refractivity contribution in [3.63, 3.8) is 0 Å². The molecule has 0 unspecified atom stereocenters. The molecule has 2 aliphatic heterocycles. The molecule has 1 aromatic carbocycles. The molecule has 5 heteroatoms. The Bertz CT molecular complexity index is 500. The molecule has 2 aliphatic rings. The van der Waals surface area contributed by atoms with Crippen LogP contribution in [0.15, 0.2) is 30.3 Å². The van der Waals surface area contributed by atoms with Crippen molar-refractivity contribution in [2.24, 2.45) is 0 Å². The fourth-order valence-electron chi connectivity index (χ4n) is 2.73. The SMILES string of the molecule is O=C1[C@@H](Cc2ccccc2)NC(=S)N1C[C@H]1CCCO1. The Morgan fingerprint density at radius 1 is 1.35 bits per heavy atom. The molecular weight excluding hydrogens is 272 g/mol. The molecule has 3 rings (SSSR count). The molecule has 2 saturated heterocycles. The van der Waals surface area contributed by atoms with Crippen LogP contribution in [0.4, 0.5) is 0 Å². The molecular formula is C15H18N2O2S. The zero-order chi connectivity index (χ0) is 13.9. The van der Waals surface area contributed by atoms with Crippen molar-refractivity contribution in [2.75, 3.05) is 13.2 Å². The minimum atomic E-state index is -0.244. The summed E-state index contributed by atoms with van der Waals surface area (Å²) in [7, 11) is 0. The standard InChI is InChI=1S/C15H18N2O2S/c18-14-13(9-11-5-2-1-3-6-11)16-15(20)17(14)10-12-7-4-8-19-12/h1-3,5-6,12-13H,4,7-10H2,(H,16,20)/t12-,13-/m1/s1. The number of nitrogens with zero attached hydrogens (tertiary/aromatic N) is 1. The Morgan fingerprint density at radius 3 is 2.85 bits per heavy atom. The second-order valence-corrected chi connectivity index (χ2v) is 5.66. The molecule has 0 aliphatic carbocycles. The number of rotatable bonds is 4. The molecule has 1 N–H and O–H groups in total. The van der Waals surface area contributed by atoms with Crippen LogP contribution >= 0.6 is 12.2 Å². The van der Waals surface area contributed by atoms with E-state index >= 15 is 0 Å². The summed E-state index contributed by atoms with van der Waals surface area (Å²) in [4.78, 5) is 14.1. The average molecular weight is 290 g/mol. The van der Waals surface area contributed by atoms with Gasteiger partial charge in [0.2, 0.25) is 0 Å². The van der Waals surface area contributed by atoms with Gasteiger partial charge in [-0.1, -0.05) is 30.3 Å². The lowest BCUT2D eigenvalue weighted by Gasteiger charge is -2.18. The Labute approximate surface area is 124 Å². The minimum absolute atomic E-state index is 0.0642. The van der Waals surface area contributed by atoms with Crippen molar-refractivity contribution < 1.29 is 9.53 Å². The average Bonchev–Trinajstić information content (AvgIpc) is 3.05. The van der Waals surface area contributed by atoms with E-state index in [4.69, 9.17) is 17.0 Å². The van der Waals surface area contributed by atoms with Gasteiger partial charge in [0.15, 0.2) is 5.11 Å². The van der Waals surface area contributed by atoms with Gasteiger partial charge in [-0.05, 0) is 30.6 Å². The highest BCUT2D eigenvalue weighted by molar-refractivity contribution is 7.80. The van der Waals surface area contributed by atoms with E-state index in [0.29, 0.717) is 18.1 Å². The summed E-state index contributed by atoms with van der Waals surface area (Å²) in [5.41, 5.74) is 1.14. The summed E-state index contributed by atoms with van der Waals surface area (Å²) in [6.07, 6.45) is 2.88. The summed E-state index contributed by atoms with van der Waals surface area (Å²) in [5.74, 6) is 0.0642. The third-order valence-corrected chi connectivity index (χ3v) is 4.14. The normalized spacial score (nSPS) is 26.1. The van der Waals surface area contributed by atoms with E-state index in [1.54, 1.807) is 4.90 Å². The van der Waals surface area contributed by atoms with E-state index in [0.717, 1.165) is 25.0 Å². The van der Waals surface area contributed by atoms with E-state index in [1.807, 2.05) is 30.3 Å². The Morgan fingerprint density at radius 2 is 2.15 bits per heavy atom. The van der Waals surface area contributed by atoms with Crippen LogP contribution in [0.25, 0.3) is 0 Å². The third kappa shape index (κ3) is 2.83. The molecule has 0 radical (unpaired) electrons. The minimum Gasteiger partial charge on any atom is -0.376 e. The predicted molar refractivity (Wildman–Crippen MR) is 80.4 cm³/mol. The number of carbonyl (C=O) groups is 1. The lowest BCUT2D eigenvalue weighted by Crippen LogP contribution is -2.37. The molecule has 2 atom stereocenters. The van der Waals surface area contributed by atoms with E-state index in [1.165, 1.54) is 0 Å². The molecule has 106 valence electrons. The molecule has 0 bridgehead atoms. The van der Waals surface area contributed by atoms with Crippen LogP contribution in [0.5, 0.6) is 0 Å². The maximum absolute atomic E-state index is 12.4. The van der Waals surface area contributed by atoms with Gasteiger partial charge in [0.25, 0.3) is 5.91 Å². The van der Waals surface area contributed by atoms with Crippen LogP contribution in [0.3, 0.4) is 0 Å². The quantitative estimate of drug-likeness (QED) is 0.853. The predicted octanol–water partition coefficient (Wildman–Crippen LogP) is 1.49. The summed E-state index contributed by atoms with van der Waals surface area (Å²) in [5, 5.41) is 3.66. The van der Waals surface area contributed by atoms with E-state index in [9.17, 15) is 4.79 Å². The van der Waals surface area contributed by atoms with Crippen molar-refractivity contribution in [2.45, 2.75) is 31.4 Å². The fourth-order valence-corrected chi connectivity index (χ4v) is 3.04. The van der Waals surface area contributed by atoms with Crippen molar-refractivity contribution in [1.82, 2.24) is 10.2 Å². The van der Waals surface area contributed by atoms with Crippen molar-refractivity contribution >= 4 is 23.2 Å². The molecule has 2 heterocycles. The molecule has 2 fully saturated rings. The largest absolute Gasteiger partial charge is 0.376 e. The molecule has 0 saturated carbocycles. The van der Waals surface area contributed by atoms with Crippen LogP contribution in [0.1, 0.15) is 18.4 Å². The first kappa shape index (κ1) is 13.5. The van der Waals surface area contributed by atoms with Gasteiger partial charge in [-0.2, -0.15) is 0 Å². The third-order valence-electron chi connectivity index (χ3n) is 3.80. The highest BCUT2D eigenvalue weighted by Crippen LogP contribution is 2.18.